The molecule has 7 nitrogen and oxygen atoms in total. The fourth-order valence-electron chi connectivity index (χ4n) is 2.07. The van der Waals surface area contributed by atoms with Gasteiger partial charge >= 0.3 is 12.5 Å². The molecule has 152 valence electrons. The minimum absolute atomic E-state index is 0.0701. The lowest BCUT2D eigenvalue weighted by atomic mass is 10.00. The zero-order valence-corrected chi connectivity index (χ0v) is 15.5. The first-order chi connectivity index (χ1) is 13.3. The molecule has 0 aliphatic carbocycles. The van der Waals surface area contributed by atoms with Crippen molar-refractivity contribution in [3.05, 3.63) is 58.9 Å². The molecule has 0 saturated heterocycles. The molecule has 0 aliphatic rings. The van der Waals surface area contributed by atoms with E-state index < -0.39 is 25.1 Å². The summed E-state index contributed by atoms with van der Waals surface area (Å²) in [6.45, 7) is -0.612. The number of benzene rings is 1. The number of hydrogen-bond donors (Lipinski definition) is 1. The first kappa shape index (κ1) is 22.1. The molecule has 2 aromatic heterocycles. The second-order valence-electron chi connectivity index (χ2n) is 5.31. The van der Waals surface area contributed by atoms with Gasteiger partial charge in [-0.3, -0.25) is 4.68 Å². The van der Waals surface area contributed by atoms with Gasteiger partial charge in [0.15, 0.2) is 0 Å². The Kier molecular flexibility index (Phi) is 8.15. The van der Waals surface area contributed by atoms with Crippen LogP contribution in [0.3, 0.4) is 0 Å². The minimum atomic E-state index is -4.54. The van der Waals surface area contributed by atoms with E-state index in [9.17, 15) is 17.6 Å². The lowest BCUT2D eigenvalue weighted by molar-refractivity contribution is -0.302. The highest BCUT2D eigenvalue weighted by atomic mass is 35.5. The molecular formula is C15H14Cl2F4N6O. The Morgan fingerprint density at radius 1 is 1.18 bits per heavy atom. The Hall–Kier alpha value is -2.24. The van der Waals surface area contributed by atoms with Crippen molar-refractivity contribution in [2.45, 2.75) is 25.0 Å². The standard InChI is InChI=1S/C13H11Cl2F4N3O.C2H3N3/c14-9-1-2-10(11(15)3-9)8(4-22-7-20-6-21-22)5-23-13(18,19)12(16)17;1-2-4-5-3-1/h1-3,6-8,12H,4-5H2;1-2H,(H,3,4,5). The number of H-pyrrole nitrogens is 1. The van der Waals surface area contributed by atoms with Crippen molar-refractivity contribution in [2.24, 2.45) is 0 Å². The molecule has 2 heterocycles. The Labute approximate surface area is 166 Å². The van der Waals surface area contributed by atoms with Crippen molar-refractivity contribution >= 4 is 23.2 Å². The Balaban J connectivity index is 0.000000485. The quantitative estimate of drug-likeness (QED) is 0.560. The van der Waals surface area contributed by atoms with Crippen LogP contribution in [-0.4, -0.2) is 49.3 Å². The molecule has 0 fully saturated rings. The van der Waals surface area contributed by atoms with Gasteiger partial charge in [-0.15, -0.1) is 0 Å². The highest BCUT2D eigenvalue weighted by Crippen LogP contribution is 2.32. The van der Waals surface area contributed by atoms with E-state index in [4.69, 9.17) is 23.2 Å². The molecule has 1 unspecified atom stereocenters. The van der Waals surface area contributed by atoms with E-state index in [0.717, 1.165) is 0 Å². The van der Waals surface area contributed by atoms with E-state index in [1.54, 1.807) is 12.4 Å². The van der Waals surface area contributed by atoms with Crippen LogP contribution in [0.15, 0.2) is 43.2 Å². The fourth-order valence-corrected chi connectivity index (χ4v) is 2.63. The van der Waals surface area contributed by atoms with Crippen LogP contribution in [0.25, 0.3) is 0 Å². The zero-order chi connectivity index (χ0) is 20.6. The van der Waals surface area contributed by atoms with E-state index in [-0.39, 0.29) is 11.6 Å². The number of nitrogens with zero attached hydrogens (tertiary/aromatic N) is 5. The maximum absolute atomic E-state index is 13.0. The summed E-state index contributed by atoms with van der Waals surface area (Å²) in [5.74, 6) is -0.744. The zero-order valence-electron chi connectivity index (χ0n) is 14.0. The van der Waals surface area contributed by atoms with Gasteiger partial charge in [0.05, 0.1) is 25.5 Å². The summed E-state index contributed by atoms with van der Waals surface area (Å²) in [4.78, 5) is 3.73. The molecule has 0 radical (unpaired) electrons. The molecule has 1 N–H and O–H groups in total. The lowest BCUT2D eigenvalue weighted by Crippen LogP contribution is -2.32. The summed E-state index contributed by atoms with van der Waals surface area (Å²) in [6.07, 6.45) is -2.67. The van der Waals surface area contributed by atoms with Crippen molar-refractivity contribution in [2.75, 3.05) is 6.61 Å². The van der Waals surface area contributed by atoms with Crippen LogP contribution in [0.1, 0.15) is 11.5 Å². The molecule has 28 heavy (non-hydrogen) atoms. The topological polar surface area (TPSA) is 81.5 Å². The maximum atomic E-state index is 13.0. The first-order valence-corrected chi connectivity index (χ1v) is 8.42. The van der Waals surface area contributed by atoms with Crippen LogP contribution < -0.4 is 0 Å². The first-order valence-electron chi connectivity index (χ1n) is 7.66. The second-order valence-corrected chi connectivity index (χ2v) is 6.15. The summed E-state index contributed by atoms with van der Waals surface area (Å²) in [5, 5.41) is 13.8. The van der Waals surface area contributed by atoms with Gasteiger partial charge in [0.2, 0.25) is 0 Å². The number of aromatic amines is 1. The summed E-state index contributed by atoms with van der Waals surface area (Å²) >= 11 is 11.8. The van der Waals surface area contributed by atoms with Gasteiger partial charge < -0.3 is 4.74 Å². The third-order valence-electron chi connectivity index (χ3n) is 3.34. The number of halogens is 6. The van der Waals surface area contributed by atoms with E-state index in [1.807, 2.05) is 0 Å². The normalized spacial score (nSPS) is 12.5. The number of aromatic nitrogens is 6. The highest BCUT2D eigenvalue weighted by molar-refractivity contribution is 6.35. The largest absolute Gasteiger partial charge is 0.416 e. The van der Waals surface area contributed by atoms with Crippen molar-refractivity contribution in [3.8, 4) is 0 Å². The predicted octanol–water partition coefficient (Wildman–Crippen LogP) is 4.05. The summed E-state index contributed by atoms with van der Waals surface area (Å²) in [6, 6.07) is 4.47. The van der Waals surface area contributed by atoms with E-state index in [2.05, 4.69) is 30.2 Å². The van der Waals surface area contributed by atoms with Gasteiger partial charge in [-0.05, 0) is 17.7 Å². The Morgan fingerprint density at radius 3 is 2.39 bits per heavy atom. The van der Waals surface area contributed by atoms with Crippen molar-refractivity contribution in [1.29, 1.82) is 0 Å². The van der Waals surface area contributed by atoms with Gasteiger partial charge in [0.1, 0.15) is 12.7 Å². The molecular weight excluding hydrogens is 427 g/mol. The van der Waals surface area contributed by atoms with Crippen molar-refractivity contribution in [3.63, 3.8) is 0 Å². The Bertz CT molecular complexity index is 803. The Morgan fingerprint density at radius 2 is 1.89 bits per heavy atom. The number of hydrogen-bond acceptors (Lipinski definition) is 5. The van der Waals surface area contributed by atoms with Crippen LogP contribution in [0.2, 0.25) is 10.0 Å². The fraction of sp³-hybridized carbons (Fsp3) is 0.333. The van der Waals surface area contributed by atoms with E-state index in [0.29, 0.717) is 10.6 Å². The van der Waals surface area contributed by atoms with Crippen LogP contribution >= 0.6 is 23.2 Å². The van der Waals surface area contributed by atoms with Crippen molar-refractivity contribution in [1.82, 2.24) is 30.2 Å². The molecule has 1 aromatic carbocycles. The van der Waals surface area contributed by atoms with Gasteiger partial charge in [-0.2, -0.15) is 29.3 Å². The smallest absolute Gasteiger partial charge is 0.315 e. The highest BCUT2D eigenvalue weighted by Gasteiger charge is 2.43. The lowest BCUT2D eigenvalue weighted by Gasteiger charge is -2.22. The molecule has 0 bridgehead atoms. The molecule has 0 spiro atoms. The molecule has 3 aromatic rings. The van der Waals surface area contributed by atoms with Crippen LogP contribution in [0.4, 0.5) is 17.6 Å². The SMILES string of the molecule is FC(F)C(F)(F)OCC(Cn1cncn1)c1ccc(Cl)cc1Cl.c1cn[nH]n1. The summed E-state index contributed by atoms with van der Waals surface area (Å²) in [5.41, 5.74) is 0.427. The second kappa shape index (κ2) is 10.3. The average molecular weight is 441 g/mol. The molecule has 1 atom stereocenters. The van der Waals surface area contributed by atoms with Gasteiger partial charge in [0.25, 0.3) is 0 Å². The summed E-state index contributed by atoms with van der Waals surface area (Å²) in [7, 11) is 0. The van der Waals surface area contributed by atoms with E-state index >= 15 is 0 Å². The molecule has 3 rings (SSSR count). The molecule has 0 aliphatic heterocycles. The molecule has 0 saturated carbocycles. The van der Waals surface area contributed by atoms with Crippen LogP contribution in [0.5, 0.6) is 0 Å². The number of rotatable bonds is 7. The molecule has 0 amide bonds. The predicted molar refractivity (Wildman–Crippen MR) is 92.5 cm³/mol. The maximum Gasteiger partial charge on any atom is 0.416 e. The minimum Gasteiger partial charge on any atom is -0.315 e. The van der Waals surface area contributed by atoms with Crippen LogP contribution in [-0.2, 0) is 11.3 Å². The van der Waals surface area contributed by atoms with Gasteiger partial charge in [0, 0.05) is 16.0 Å². The molecule has 13 heteroatoms. The summed E-state index contributed by atoms with van der Waals surface area (Å²) < 4.78 is 55.9. The van der Waals surface area contributed by atoms with Gasteiger partial charge in [-0.1, -0.05) is 29.3 Å². The van der Waals surface area contributed by atoms with Crippen LogP contribution in [0, 0.1) is 0 Å². The number of nitrogens with one attached hydrogen (secondary N) is 1. The number of alkyl halides is 4. The van der Waals surface area contributed by atoms with E-state index in [1.165, 1.54) is 35.5 Å². The average Bonchev–Trinajstić information content (AvgIpc) is 3.35. The third-order valence-corrected chi connectivity index (χ3v) is 3.90. The third kappa shape index (κ3) is 6.73. The monoisotopic (exact) mass is 440 g/mol. The number of ether oxygens (including phenoxy) is 1. The van der Waals surface area contributed by atoms with Gasteiger partial charge in [-0.25, -0.2) is 13.8 Å². The van der Waals surface area contributed by atoms with Crippen molar-refractivity contribution < 1.29 is 22.3 Å².